The maximum atomic E-state index is 13.6. The van der Waals surface area contributed by atoms with E-state index in [4.69, 9.17) is 15.7 Å². The molecule has 0 saturated heterocycles. The third-order valence-electron chi connectivity index (χ3n) is 4.81. The predicted octanol–water partition coefficient (Wildman–Crippen LogP) is 4.21. The van der Waals surface area contributed by atoms with Crippen LogP contribution in [0.2, 0.25) is 0 Å². The first-order valence-corrected chi connectivity index (χ1v) is 11.6. The van der Waals surface area contributed by atoms with Crippen LogP contribution in [0.1, 0.15) is 31.9 Å². The Morgan fingerprint density at radius 1 is 1.22 bits per heavy atom. The number of thioether (sulfide) groups is 1. The van der Waals surface area contributed by atoms with E-state index >= 15 is 0 Å². The average molecular weight is 527 g/mol. The number of alkyl carbamates (subject to hydrolysis) is 1. The lowest BCUT2D eigenvalue weighted by Gasteiger charge is -2.27. The van der Waals surface area contributed by atoms with Crippen LogP contribution in [0.3, 0.4) is 0 Å². The second-order valence-corrected chi connectivity index (χ2v) is 9.86. The summed E-state index contributed by atoms with van der Waals surface area (Å²) in [5, 5.41) is 14.6. The summed E-state index contributed by atoms with van der Waals surface area (Å²) in [7, 11) is 0. The van der Waals surface area contributed by atoms with Gasteiger partial charge in [-0.25, -0.2) is 4.79 Å². The van der Waals surface area contributed by atoms with Crippen LogP contribution >= 0.6 is 11.8 Å². The summed E-state index contributed by atoms with van der Waals surface area (Å²) in [6.07, 6.45) is -5.60. The number of rotatable bonds is 5. The number of alkyl halides is 3. The van der Waals surface area contributed by atoms with E-state index in [0.29, 0.717) is 21.7 Å². The number of oxime groups is 1. The lowest BCUT2D eigenvalue weighted by atomic mass is 10.1. The van der Waals surface area contributed by atoms with Gasteiger partial charge in [0.2, 0.25) is 0 Å². The van der Waals surface area contributed by atoms with Crippen molar-refractivity contribution in [2.45, 2.75) is 50.2 Å². The Hall–Kier alpha value is -3.61. The molecule has 4 N–H and O–H groups in total. The van der Waals surface area contributed by atoms with Crippen LogP contribution < -0.4 is 20.7 Å². The van der Waals surface area contributed by atoms with Crippen molar-refractivity contribution in [2.24, 2.45) is 10.9 Å². The van der Waals surface area contributed by atoms with E-state index in [2.05, 4.69) is 15.2 Å². The monoisotopic (exact) mass is 526 g/mol. The number of anilines is 1. The molecule has 9 nitrogen and oxygen atoms in total. The van der Waals surface area contributed by atoms with Gasteiger partial charge in [-0.1, -0.05) is 17.3 Å². The van der Waals surface area contributed by atoms with E-state index in [1.165, 1.54) is 28.8 Å². The molecule has 0 bridgehead atoms. The zero-order valence-electron chi connectivity index (χ0n) is 19.6. The van der Waals surface area contributed by atoms with E-state index in [1.807, 2.05) is 0 Å². The van der Waals surface area contributed by atoms with Crippen molar-refractivity contribution in [1.29, 1.82) is 0 Å². The molecule has 0 saturated carbocycles. The van der Waals surface area contributed by atoms with Crippen molar-refractivity contribution in [3.8, 4) is 5.75 Å². The van der Waals surface area contributed by atoms with Crippen LogP contribution in [0.15, 0.2) is 52.5 Å². The van der Waals surface area contributed by atoms with Gasteiger partial charge >= 0.3 is 12.5 Å². The lowest BCUT2D eigenvalue weighted by molar-refractivity contribution is -0.274. The molecule has 0 spiro atoms. The number of nitrogens with zero attached hydrogens (tertiary/aromatic N) is 2. The zero-order chi connectivity index (χ0) is 26.7. The summed E-state index contributed by atoms with van der Waals surface area (Å²) in [5.74, 6) is -0.845. The van der Waals surface area contributed by atoms with Crippen molar-refractivity contribution < 1.29 is 37.4 Å². The molecule has 1 heterocycles. The number of benzene rings is 2. The third-order valence-corrected chi connectivity index (χ3v) is 5.97. The fourth-order valence-corrected chi connectivity index (χ4v) is 4.37. The van der Waals surface area contributed by atoms with E-state index in [1.54, 1.807) is 39.0 Å². The molecule has 0 unspecified atom stereocenters. The first kappa shape index (κ1) is 27.0. The number of nitrogens with one attached hydrogen (secondary N) is 1. The summed E-state index contributed by atoms with van der Waals surface area (Å²) in [6.45, 7) is 5.04. The number of hydrogen-bond acceptors (Lipinski definition) is 7. The summed E-state index contributed by atoms with van der Waals surface area (Å²) in [6, 6.07) is 9.00. The molecule has 0 radical (unpaired) electrons. The molecule has 0 fully saturated rings. The number of fused-ring (bicyclic) bond motifs is 1. The van der Waals surface area contributed by atoms with E-state index in [0.717, 1.165) is 12.1 Å². The fraction of sp³-hybridized carbons (Fsp3) is 0.348. The normalized spacial score (nSPS) is 16.7. The van der Waals surface area contributed by atoms with Crippen molar-refractivity contribution in [2.75, 3.05) is 10.7 Å². The number of carbonyl (C=O) groups is 2. The predicted molar refractivity (Wildman–Crippen MR) is 127 cm³/mol. The van der Waals surface area contributed by atoms with Gasteiger partial charge in [-0.3, -0.25) is 4.79 Å². The average Bonchev–Trinajstić information content (AvgIpc) is 2.89. The van der Waals surface area contributed by atoms with Gasteiger partial charge in [0, 0.05) is 16.2 Å². The molecule has 1 aliphatic heterocycles. The van der Waals surface area contributed by atoms with Crippen molar-refractivity contribution in [3.05, 3.63) is 53.6 Å². The van der Waals surface area contributed by atoms with Crippen LogP contribution in [0.5, 0.6) is 5.75 Å². The van der Waals surface area contributed by atoms with Crippen LogP contribution in [0, 0.1) is 0 Å². The molecular weight excluding hydrogens is 501 g/mol. The molecule has 2 aromatic rings. The molecule has 2 amide bonds. The largest absolute Gasteiger partial charge is 0.573 e. The number of ether oxygens (including phenoxy) is 2. The Morgan fingerprint density at radius 3 is 2.47 bits per heavy atom. The van der Waals surface area contributed by atoms with Crippen LogP contribution in [0.25, 0.3) is 0 Å². The summed E-state index contributed by atoms with van der Waals surface area (Å²) < 4.78 is 46.7. The summed E-state index contributed by atoms with van der Waals surface area (Å²) >= 11 is 1.31. The van der Waals surface area contributed by atoms with E-state index < -0.39 is 35.8 Å². The van der Waals surface area contributed by atoms with Gasteiger partial charge in [0.15, 0.2) is 5.84 Å². The maximum absolute atomic E-state index is 13.6. The summed E-state index contributed by atoms with van der Waals surface area (Å²) in [4.78, 5) is 28.0. The second-order valence-electron chi connectivity index (χ2n) is 8.79. The van der Waals surface area contributed by atoms with Gasteiger partial charge in [0.1, 0.15) is 17.4 Å². The highest BCUT2D eigenvalue weighted by Crippen LogP contribution is 2.36. The minimum Gasteiger partial charge on any atom is -0.444 e. The number of amidine groups is 1. The Kier molecular flexibility index (Phi) is 7.92. The fourth-order valence-electron chi connectivity index (χ4n) is 3.31. The highest BCUT2D eigenvalue weighted by atomic mass is 32.2. The molecule has 0 aliphatic carbocycles. The molecule has 0 aromatic heterocycles. The van der Waals surface area contributed by atoms with Gasteiger partial charge in [-0.2, -0.15) is 0 Å². The standard InChI is InChI=1S/C23H25F3N4O5S/c1-22(2,3)35-21(32)28-16-12-36-18-9-6-14(19(27)29-33)10-17(18)30(20(16)31)11-13-4-7-15(8-5-13)34-23(24,25)26/h4-10,16,33H,11-12H2,1-3H3,(H2,27,29)(H,28,32)/t16-/m0/s1. The van der Waals surface area contributed by atoms with Crippen molar-refractivity contribution in [3.63, 3.8) is 0 Å². The number of nitrogens with two attached hydrogens (primary N) is 1. The topological polar surface area (TPSA) is 126 Å². The Bertz CT molecular complexity index is 1150. The second kappa shape index (κ2) is 10.6. The molecule has 2 aromatic carbocycles. The van der Waals surface area contributed by atoms with E-state index in [-0.39, 0.29) is 18.1 Å². The quantitative estimate of drug-likeness (QED) is 0.231. The number of halogens is 3. The molecule has 1 atom stereocenters. The Balaban J connectivity index is 1.94. The minimum atomic E-state index is -4.83. The van der Waals surface area contributed by atoms with Crippen LogP contribution in [-0.2, 0) is 16.1 Å². The molecule has 36 heavy (non-hydrogen) atoms. The number of hydrogen-bond donors (Lipinski definition) is 3. The van der Waals surface area contributed by atoms with Crippen LogP contribution in [0.4, 0.5) is 23.7 Å². The Labute approximate surface area is 209 Å². The summed E-state index contributed by atoms with van der Waals surface area (Å²) in [5.41, 5.74) is 6.23. The van der Waals surface area contributed by atoms with Crippen LogP contribution in [-0.4, -0.2) is 46.8 Å². The van der Waals surface area contributed by atoms with Gasteiger partial charge < -0.3 is 30.6 Å². The molecular formula is C23H25F3N4O5S. The number of amides is 2. The van der Waals surface area contributed by atoms with E-state index in [9.17, 15) is 22.8 Å². The van der Waals surface area contributed by atoms with Crippen molar-refractivity contribution >= 4 is 35.3 Å². The Morgan fingerprint density at radius 2 is 1.89 bits per heavy atom. The molecule has 194 valence electrons. The van der Waals surface area contributed by atoms with Gasteiger partial charge in [0.25, 0.3) is 5.91 Å². The highest BCUT2D eigenvalue weighted by molar-refractivity contribution is 7.99. The lowest BCUT2D eigenvalue weighted by Crippen LogP contribution is -2.50. The maximum Gasteiger partial charge on any atom is 0.573 e. The third kappa shape index (κ3) is 7.20. The van der Waals surface area contributed by atoms with Crippen molar-refractivity contribution in [1.82, 2.24) is 5.32 Å². The molecule has 13 heteroatoms. The number of carbonyl (C=O) groups excluding carboxylic acids is 2. The molecule has 3 rings (SSSR count). The first-order valence-electron chi connectivity index (χ1n) is 10.7. The van der Waals surface area contributed by atoms with Gasteiger partial charge in [0.05, 0.1) is 12.2 Å². The first-order chi connectivity index (χ1) is 16.8. The van der Waals surface area contributed by atoms with Gasteiger partial charge in [-0.05, 0) is 56.7 Å². The molecule has 1 aliphatic rings. The SMILES string of the molecule is CC(C)(C)OC(=O)N[C@H]1CSc2ccc(/C(N)=N/O)cc2N(Cc2ccc(OC(F)(F)F)cc2)C1=O. The highest BCUT2D eigenvalue weighted by Gasteiger charge is 2.34. The minimum absolute atomic E-state index is 0.0369. The zero-order valence-corrected chi connectivity index (χ0v) is 20.4. The smallest absolute Gasteiger partial charge is 0.444 e. The van der Waals surface area contributed by atoms with Gasteiger partial charge in [-0.15, -0.1) is 24.9 Å².